The van der Waals surface area contributed by atoms with Crippen molar-refractivity contribution in [3.05, 3.63) is 62.5 Å². The molecule has 4 rings (SSSR count). The Labute approximate surface area is 186 Å². The van der Waals surface area contributed by atoms with Gasteiger partial charge in [0.05, 0.1) is 17.9 Å². The van der Waals surface area contributed by atoms with Gasteiger partial charge >= 0.3 is 0 Å². The van der Waals surface area contributed by atoms with E-state index in [1.165, 1.54) is 21.3 Å². The lowest BCUT2D eigenvalue weighted by Crippen LogP contribution is -2.34. The number of aryl methyl sites for hydroxylation is 2. The van der Waals surface area contributed by atoms with Gasteiger partial charge in [0.2, 0.25) is 0 Å². The van der Waals surface area contributed by atoms with Gasteiger partial charge in [0.15, 0.2) is 0 Å². The molecule has 1 atom stereocenters. The third-order valence-corrected chi connectivity index (χ3v) is 7.06. The number of hydrogen-bond acceptors (Lipinski definition) is 5. The molecule has 0 fully saturated rings. The average molecular weight is 437 g/mol. The number of carbonyl (C=O) groups excluding carboxylic acids is 1. The zero-order valence-corrected chi connectivity index (χ0v) is 19.3. The standard InChI is InChI=1S/C24H28N4O2S/c1-15(21(29)27-26-13-16-9-11-17(12-10-16)24(2,3)4)28-14-25-22-20(23(28)30)18-7-5-6-8-19(18)31-22/h9-15H,5-8H2,1-4H3,(H,27,29)/t15-/m0/s1. The van der Waals surface area contributed by atoms with Gasteiger partial charge in [-0.25, -0.2) is 10.4 Å². The van der Waals surface area contributed by atoms with Gasteiger partial charge < -0.3 is 0 Å². The van der Waals surface area contributed by atoms with Crippen LogP contribution in [-0.4, -0.2) is 21.7 Å². The highest BCUT2D eigenvalue weighted by Gasteiger charge is 2.23. The third kappa shape index (κ3) is 4.32. The molecule has 0 bridgehead atoms. The van der Waals surface area contributed by atoms with Crippen LogP contribution in [0, 0.1) is 0 Å². The van der Waals surface area contributed by atoms with Crippen LogP contribution >= 0.6 is 11.3 Å². The van der Waals surface area contributed by atoms with Gasteiger partial charge in [0.25, 0.3) is 11.5 Å². The predicted octanol–water partition coefficient (Wildman–Crippen LogP) is 4.35. The van der Waals surface area contributed by atoms with E-state index in [9.17, 15) is 9.59 Å². The fourth-order valence-corrected chi connectivity index (χ4v) is 5.11. The minimum absolute atomic E-state index is 0.0867. The number of carbonyl (C=O) groups is 1. The third-order valence-electron chi connectivity index (χ3n) is 5.86. The molecule has 1 N–H and O–H groups in total. The Kier molecular flexibility index (Phi) is 5.79. The molecule has 0 unspecified atom stereocenters. The van der Waals surface area contributed by atoms with Crippen LogP contribution in [-0.2, 0) is 23.1 Å². The quantitative estimate of drug-likeness (QED) is 0.488. The molecule has 0 saturated heterocycles. The first-order valence-corrected chi connectivity index (χ1v) is 11.5. The topological polar surface area (TPSA) is 76.3 Å². The molecular formula is C24H28N4O2S. The van der Waals surface area contributed by atoms with Crippen molar-refractivity contribution in [2.45, 2.75) is 64.8 Å². The number of benzene rings is 1. The maximum Gasteiger partial charge on any atom is 0.263 e. The maximum absolute atomic E-state index is 13.1. The van der Waals surface area contributed by atoms with E-state index >= 15 is 0 Å². The van der Waals surface area contributed by atoms with E-state index < -0.39 is 6.04 Å². The lowest BCUT2D eigenvalue weighted by atomic mass is 9.87. The van der Waals surface area contributed by atoms with Crippen molar-refractivity contribution in [1.29, 1.82) is 0 Å². The smallest absolute Gasteiger partial charge is 0.263 e. The lowest BCUT2D eigenvalue weighted by molar-refractivity contribution is -0.123. The molecule has 1 aliphatic carbocycles. The van der Waals surface area contributed by atoms with Crippen LogP contribution in [0.1, 0.15) is 68.1 Å². The van der Waals surface area contributed by atoms with E-state index in [0.29, 0.717) is 5.39 Å². The van der Waals surface area contributed by atoms with Gasteiger partial charge in [0, 0.05) is 4.88 Å². The van der Waals surface area contributed by atoms with Crippen LogP contribution in [0.15, 0.2) is 40.5 Å². The van der Waals surface area contributed by atoms with Crippen LogP contribution in [0.3, 0.4) is 0 Å². The molecular weight excluding hydrogens is 408 g/mol. The molecule has 1 amide bonds. The van der Waals surface area contributed by atoms with E-state index in [1.54, 1.807) is 24.5 Å². The zero-order valence-electron chi connectivity index (χ0n) is 18.4. The summed E-state index contributed by atoms with van der Waals surface area (Å²) in [5, 5.41) is 4.76. The Bertz CT molecular complexity index is 1200. The molecule has 31 heavy (non-hydrogen) atoms. The van der Waals surface area contributed by atoms with Gasteiger partial charge in [-0.2, -0.15) is 5.10 Å². The van der Waals surface area contributed by atoms with Crippen molar-refractivity contribution in [3.8, 4) is 0 Å². The van der Waals surface area contributed by atoms with E-state index in [-0.39, 0.29) is 16.9 Å². The molecule has 2 aromatic heterocycles. The minimum atomic E-state index is -0.705. The van der Waals surface area contributed by atoms with Gasteiger partial charge in [-0.15, -0.1) is 11.3 Å². The number of fused-ring (bicyclic) bond motifs is 3. The molecule has 2 heterocycles. The van der Waals surface area contributed by atoms with Crippen molar-refractivity contribution in [2.75, 3.05) is 0 Å². The van der Waals surface area contributed by atoms with Crippen molar-refractivity contribution >= 4 is 33.7 Å². The second kappa shape index (κ2) is 8.38. The Hall–Kier alpha value is -2.80. The number of aromatic nitrogens is 2. The monoisotopic (exact) mass is 436 g/mol. The Morgan fingerprint density at radius 1 is 1.23 bits per heavy atom. The van der Waals surface area contributed by atoms with Crippen LogP contribution in [0.5, 0.6) is 0 Å². The first-order chi connectivity index (χ1) is 14.8. The average Bonchev–Trinajstić information content (AvgIpc) is 3.12. The van der Waals surface area contributed by atoms with Crippen molar-refractivity contribution < 1.29 is 4.79 Å². The SMILES string of the molecule is C[C@@H](C(=O)NN=Cc1ccc(C(C)(C)C)cc1)n1cnc2sc3c(c2c1=O)CCCC3. The summed E-state index contributed by atoms with van der Waals surface area (Å²) >= 11 is 1.61. The van der Waals surface area contributed by atoms with E-state index in [4.69, 9.17) is 0 Å². The lowest BCUT2D eigenvalue weighted by Gasteiger charge is -2.18. The van der Waals surface area contributed by atoms with E-state index in [2.05, 4.69) is 48.4 Å². The predicted molar refractivity (Wildman–Crippen MR) is 126 cm³/mol. The van der Waals surface area contributed by atoms with Crippen molar-refractivity contribution in [1.82, 2.24) is 15.0 Å². The summed E-state index contributed by atoms with van der Waals surface area (Å²) in [7, 11) is 0. The number of thiophene rings is 1. The second-order valence-corrected chi connectivity index (χ2v) is 10.2. The normalized spacial score (nSPS) is 15.2. The van der Waals surface area contributed by atoms with Crippen LogP contribution in [0.2, 0.25) is 0 Å². The molecule has 0 aliphatic heterocycles. The van der Waals surface area contributed by atoms with Gasteiger partial charge in [0.1, 0.15) is 10.9 Å². The van der Waals surface area contributed by atoms with Gasteiger partial charge in [-0.05, 0) is 54.7 Å². The highest BCUT2D eigenvalue weighted by Crippen LogP contribution is 2.33. The molecule has 3 aromatic rings. The summed E-state index contributed by atoms with van der Waals surface area (Å²) in [4.78, 5) is 32.3. The van der Waals surface area contributed by atoms with Gasteiger partial charge in [-0.3, -0.25) is 14.2 Å². The summed E-state index contributed by atoms with van der Waals surface area (Å²) in [6.07, 6.45) is 7.26. The molecule has 0 saturated carbocycles. The van der Waals surface area contributed by atoms with E-state index in [0.717, 1.165) is 41.6 Å². The summed E-state index contributed by atoms with van der Waals surface area (Å²) in [6.45, 7) is 8.18. The van der Waals surface area contributed by atoms with Crippen molar-refractivity contribution in [3.63, 3.8) is 0 Å². The number of hydrazone groups is 1. The van der Waals surface area contributed by atoms with E-state index in [1.807, 2.05) is 12.1 Å². The molecule has 6 nitrogen and oxygen atoms in total. The Balaban J connectivity index is 1.49. The fourth-order valence-electron chi connectivity index (χ4n) is 3.89. The number of amides is 1. The first-order valence-electron chi connectivity index (χ1n) is 10.7. The number of hydrogen-bond donors (Lipinski definition) is 1. The zero-order chi connectivity index (χ0) is 22.2. The minimum Gasteiger partial charge on any atom is -0.286 e. The number of nitrogens with one attached hydrogen (secondary N) is 1. The van der Waals surface area contributed by atoms with Crippen LogP contribution in [0.25, 0.3) is 10.2 Å². The molecule has 0 radical (unpaired) electrons. The molecule has 162 valence electrons. The number of rotatable bonds is 4. The molecule has 1 aromatic carbocycles. The molecule has 1 aliphatic rings. The van der Waals surface area contributed by atoms with Gasteiger partial charge in [-0.1, -0.05) is 45.0 Å². The highest BCUT2D eigenvalue weighted by molar-refractivity contribution is 7.18. The van der Waals surface area contributed by atoms with Crippen LogP contribution < -0.4 is 11.0 Å². The molecule has 7 heteroatoms. The highest BCUT2D eigenvalue weighted by atomic mass is 32.1. The summed E-state index contributed by atoms with van der Waals surface area (Å²) < 4.78 is 1.41. The summed E-state index contributed by atoms with van der Waals surface area (Å²) in [5.74, 6) is -0.352. The largest absolute Gasteiger partial charge is 0.286 e. The number of nitrogens with zero attached hydrogens (tertiary/aromatic N) is 3. The van der Waals surface area contributed by atoms with Crippen molar-refractivity contribution in [2.24, 2.45) is 5.10 Å². The summed E-state index contributed by atoms with van der Waals surface area (Å²) in [6, 6.07) is 7.37. The molecule has 0 spiro atoms. The van der Waals surface area contributed by atoms with Crippen LogP contribution in [0.4, 0.5) is 0 Å². The fraction of sp³-hybridized carbons (Fsp3) is 0.417. The second-order valence-electron chi connectivity index (χ2n) is 9.13. The maximum atomic E-state index is 13.1. The Morgan fingerprint density at radius 2 is 1.94 bits per heavy atom. The first kappa shape index (κ1) is 21.4. The summed E-state index contributed by atoms with van der Waals surface area (Å²) in [5.41, 5.74) is 5.75. The Morgan fingerprint density at radius 3 is 2.65 bits per heavy atom.